The standard InChI is InChI=1S/C27H29N3O6/c1-4-36-21-11-8-19(16-22(21)35-3)24-23(25(31)18-6-9-20(34-2)10-7-18)26(32)27(33)30(24)14-5-13-29-15-12-28-17-29/h6-12,15-17,24,31H,4-5,13-14H2,1-3H3/b25-23+/t24-/m1/s1. The number of nitrogens with zero attached hydrogens (tertiary/aromatic N) is 3. The number of hydrogen-bond donors (Lipinski definition) is 1. The number of carbonyl (C=O) groups excluding carboxylic acids is 2. The second-order valence-electron chi connectivity index (χ2n) is 8.22. The summed E-state index contributed by atoms with van der Waals surface area (Å²) >= 11 is 0. The van der Waals surface area contributed by atoms with E-state index in [9.17, 15) is 14.7 Å². The van der Waals surface area contributed by atoms with Crippen molar-refractivity contribution in [1.29, 1.82) is 0 Å². The van der Waals surface area contributed by atoms with E-state index in [2.05, 4.69) is 4.98 Å². The van der Waals surface area contributed by atoms with Crippen LogP contribution in [0.15, 0.2) is 66.8 Å². The van der Waals surface area contributed by atoms with Gasteiger partial charge in [0.2, 0.25) is 0 Å². The Balaban J connectivity index is 1.76. The normalized spacial score (nSPS) is 16.9. The molecule has 1 fully saturated rings. The third kappa shape index (κ3) is 4.91. The molecule has 1 amide bonds. The lowest BCUT2D eigenvalue weighted by Crippen LogP contribution is -2.31. The monoisotopic (exact) mass is 491 g/mol. The number of aromatic nitrogens is 2. The molecule has 3 aromatic rings. The van der Waals surface area contributed by atoms with Crippen molar-refractivity contribution in [2.45, 2.75) is 25.9 Å². The number of aliphatic hydroxyl groups is 1. The maximum absolute atomic E-state index is 13.2. The number of amides is 1. The highest BCUT2D eigenvalue weighted by Gasteiger charge is 2.46. The molecule has 0 unspecified atom stereocenters. The Morgan fingerprint density at radius 3 is 2.44 bits per heavy atom. The van der Waals surface area contributed by atoms with Gasteiger partial charge >= 0.3 is 0 Å². The molecule has 4 rings (SSSR count). The molecule has 1 aliphatic rings. The molecule has 36 heavy (non-hydrogen) atoms. The van der Waals surface area contributed by atoms with E-state index in [0.29, 0.717) is 54.5 Å². The first-order chi connectivity index (χ1) is 17.5. The number of likely N-dealkylation sites (tertiary alicyclic amines) is 1. The van der Waals surface area contributed by atoms with Crippen LogP contribution in [-0.2, 0) is 16.1 Å². The van der Waals surface area contributed by atoms with E-state index in [1.807, 2.05) is 17.7 Å². The number of methoxy groups -OCH3 is 2. The molecule has 0 bridgehead atoms. The summed E-state index contributed by atoms with van der Waals surface area (Å²) < 4.78 is 18.2. The first kappa shape index (κ1) is 24.8. The lowest BCUT2D eigenvalue weighted by Gasteiger charge is -2.26. The van der Waals surface area contributed by atoms with Crippen molar-refractivity contribution in [3.63, 3.8) is 0 Å². The Bertz CT molecular complexity index is 1250. The minimum atomic E-state index is -0.792. The summed E-state index contributed by atoms with van der Waals surface area (Å²) in [4.78, 5) is 32.0. The van der Waals surface area contributed by atoms with E-state index >= 15 is 0 Å². The van der Waals surface area contributed by atoms with Crippen LogP contribution < -0.4 is 14.2 Å². The summed E-state index contributed by atoms with van der Waals surface area (Å²) in [5.74, 6) is 0.00127. The zero-order valence-corrected chi connectivity index (χ0v) is 20.5. The summed E-state index contributed by atoms with van der Waals surface area (Å²) in [5.41, 5.74) is 1.07. The lowest BCUT2D eigenvalue weighted by atomic mass is 9.95. The van der Waals surface area contributed by atoms with Gasteiger partial charge in [-0.25, -0.2) is 4.98 Å². The van der Waals surface area contributed by atoms with Gasteiger partial charge < -0.3 is 28.8 Å². The van der Waals surface area contributed by atoms with Gasteiger partial charge in [-0.2, -0.15) is 0 Å². The Hall–Kier alpha value is -4.27. The number of hydrogen-bond acceptors (Lipinski definition) is 7. The second-order valence-corrected chi connectivity index (χ2v) is 8.22. The molecule has 0 aliphatic carbocycles. The Morgan fingerprint density at radius 2 is 1.81 bits per heavy atom. The molecule has 2 aromatic carbocycles. The van der Waals surface area contributed by atoms with E-state index in [4.69, 9.17) is 14.2 Å². The number of carbonyl (C=O) groups is 2. The average molecular weight is 492 g/mol. The van der Waals surface area contributed by atoms with Gasteiger partial charge in [-0.3, -0.25) is 9.59 Å². The number of aryl methyl sites for hydroxylation is 1. The van der Waals surface area contributed by atoms with E-state index in [1.165, 1.54) is 12.0 Å². The van der Waals surface area contributed by atoms with Crippen LogP contribution in [0.3, 0.4) is 0 Å². The van der Waals surface area contributed by atoms with Crippen molar-refractivity contribution in [2.75, 3.05) is 27.4 Å². The predicted octanol–water partition coefficient (Wildman–Crippen LogP) is 3.81. The Morgan fingerprint density at radius 1 is 1.03 bits per heavy atom. The van der Waals surface area contributed by atoms with Crippen LogP contribution in [0, 0.1) is 0 Å². The molecule has 0 saturated carbocycles. The topological polar surface area (TPSA) is 103 Å². The van der Waals surface area contributed by atoms with Crippen LogP contribution in [-0.4, -0.2) is 58.6 Å². The largest absolute Gasteiger partial charge is 0.507 e. The fourth-order valence-corrected chi connectivity index (χ4v) is 4.33. The van der Waals surface area contributed by atoms with Gasteiger partial charge in [0.1, 0.15) is 11.5 Å². The van der Waals surface area contributed by atoms with Gasteiger partial charge in [0.05, 0.1) is 38.8 Å². The van der Waals surface area contributed by atoms with Crippen molar-refractivity contribution in [1.82, 2.24) is 14.5 Å². The molecule has 1 atom stereocenters. The van der Waals surface area contributed by atoms with Crippen molar-refractivity contribution in [2.24, 2.45) is 0 Å². The quantitative estimate of drug-likeness (QED) is 0.261. The highest BCUT2D eigenvalue weighted by molar-refractivity contribution is 6.46. The zero-order valence-electron chi connectivity index (χ0n) is 20.5. The molecule has 1 aliphatic heterocycles. The minimum Gasteiger partial charge on any atom is -0.507 e. The molecule has 2 heterocycles. The van der Waals surface area contributed by atoms with Crippen molar-refractivity contribution >= 4 is 17.4 Å². The van der Waals surface area contributed by atoms with E-state index in [0.717, 1.165) is 0 Å². The molecular weight excluding hydrogens is 462 g/mol. The van der Waals surface area contributed by atoms with Gasteiger partial charge in [0.25, 0.3) is 11.7 Å². The summed E-state index contributed by atoms with van der Waals surface area (Å²) in [6.45, 7) is 3.26. The SMILES string of the molecule is CCOc1ccc([C@@H]2/C(=C(\O)c3ccc(OC)cc3)C(=O)C(=O)N2CCCn2ccnc2)cc1OC. The van der Waals surface area contributed by atoms with Gasteiger partial charge in [-0.05, 0) is 55.3 Å². The van der Waals surface area contributed by atoms with E-state index in [-0.39, 0.29) is 11.3 Å². The number of ether oxygens (including phenoxy) is 3. The summed E-state index contributed by atoms with van der Waals surface area (Å²) in [7, 11) is 3.07. The Kier molecular flexibility index (Phi) is 7.58. The zero-order chi connectivity index (χ0) is 25.7. The fraction of sp³-hybridized carbons (Fsp3) is 0.296. The van der Waals surface area contributed by atoms with Crippen LogP contribution in [0.5, 0.6) is 17.2 Å². The number of imidazole rings is 1. The molecule has 9 heteroatoms. The minimum absolute atomic E-state index is 0.0269. The van der Waals surface area contributed by atoms with Crippen molar-refractivity contribution < 1.29 is 28.9 Å². The summed E-state index contributed by atoms with van der Waals surface area (Å²) in [6.07, 6.45) is 5.82. The number of benzene rings is 2. The molecular formula is C27H29N3O6. The summed E-state index contributed by atoms with van der Waals surface area (Å²) in [5, 5.41) is 11.2. The van der Waals surface area contributed by atoms with Crippen LogP contribution in [0.25, 0.3) is 5.76 Å². The predicted molar refractivity (Wildman–Crippen MR) is 133 cm³/mol. The van der Waals surface area contributed by atoms with E-state index in [1.54, 1.807) is 62.1 Å². The molecule has 1 aromatic heterocycles. The average Bonchev–Trinajstić information content (AvgIpc) is 3.51. The lowest BCUT2D eigenvalue weighted by molar-refractivity contribution is -0.139. The maximum atomic E-state index is 13.2. The number of ketones is 1. The van der Waals surface area contributed by atoms with Crippen LogP contribution in [0.1, 0.15) is 30.5 Å². The highest BCUT2D eigenvalue weighted by Crippen LogP contribution is 2.42. The van der Waals surface area contributed by atoms with Crippen molar-refractivity contribution in [3.8, 4) is 17.2 Å². The highest BCUT2D eigenvalue weighted by atomic mass is 16.5. The first-order valence-corrected chi connectivity index (χ1v) is 11.7. The second kappa shape index (κ2) is 11.0. The Labute approximate surface area is 209 Å². The molecule has 9 nitrogen and oxygen atoms in total. The van der Waals surface area contributed by atoms with Gasteiger partial charge in [0, 0.05) is 31.0 Å². The number of Topliss-reactive ketones (excluding diaryl/α,β-unsaturated/α-hetero) is 1. The smallest absolute Gasteiger partial charge is 0.295 e. The third-order valence-electron chi connectivity index (χ3n) is 6.08. The van der Waals surface area contributed by atoms with Gasteiger partial charge in [-0.1, -0.05) is 6.07 Å². The van der Waals surface area contributed by atoms with Crippen LogP contribution >= 0.6 is 0 Å². The van der Waals surface area contributed by atoms with Crippen LogP contribution in [0.2, 0.25) is 0 Å². The number of rotatable bonds is 10. The third-order valence-corrected chi connectivity index (χ3v) is 6.08. The maximum Gasteiger partial charge on any atom is 0.295 e. The molecule has 1 N–H and O–H groups in total. The molecule has 1 saturated heterocycles. The van der Waals surface area contributed by atoms with Gasteiger partial charge in [0.15, 0.2) is 11.5 Å². The fourth-order valence-electron chi connectivity index (χ4n) is 4.33. The van der Waals surface area contributed by atoms with E-state index < -0.39 is 17.7 Å². The molecule has 0 spiro atoms. The summed E-state index contributed by atoms with van der Waals surface area (Å²) in [6, 6.07) is 11.2. The molecule has 188 valence electrons. The first-order valence-electron chi connectivity index (χ1n) is 11.7. The molecule has 0 radical (unpaired) electrons. The van der Waals surface area contributed by atoms with Crippen molar-refractivity contribution in [3.05, 3.63) is 77.9 Å². The van der Waals surface area contributed by atoms with Gasteiger partial charge in [-0.15, -0.1) is 0 Å². The number of aliphatic hydroxyl groups excluding tert-OH is 1. The van der Waals surface area contributed by atoms with Crippen LogP contribution in [0.4, 0.5) is 0 Å².